The molecule has 0 saturated heterocycles. The van der Waals surface area contributed by atoms with Crippen molar-refractivity contribution < 1.29 is 13.2 Å². The fourth-order valence-corrected chi connectivity index (χ4v) is 2.60. The normalized spacial score (nSPS) is 11.4. The molecule has 0 aliphatic heterocycles. The Hall–Kier alpha value is -2.88. The molecular weight excluding hydrogens is 283 g/mol. The number of benzene rings is 2. The Morgan fingerprint density at radius 3 is 2.55 bits per heavy atom. The topological polar surface area (TPSA) is 43.4 Å². The van der Waals surface area contributed by atoms with Gasteiger partial charge in [0.1, 0.15) is 17.0 Å². The second-order valence-corrected chi connectivity index (χ2v) is 5.26. The summed E-state index contributed by atoms with van der Waals surface area (Å²) >= 11 is 0. The molecule has 2 aromatic carbocycles. The summed E-state index contributed by atoms with van der Waals surface area (Å²) in [4.78, 5) is 12.2. The van der Waals surface area contributed by atoms with Crippen molar-refractivity contribution in [2.45, 2.75) is 6.92 Å². The average Bonchev–Trinajstić information content (AvgIpc) is 2.86. The molecule has 0 saturated carbocycles. The van der Waals surface area contributed by atoms with E-state index in [9.17, 15) is 9.18 Å². The Morgan fingerprint density at radius 1 is 1.00 bits per heavy atom. The first kappa shape index (κ1) is 12.8. The highest BCUT2D eigenvalue weighted by Crippen LogP contribution is 2.28. The van der Waals surface area contributed by atoms with Crippen molar-refractivity contribution in [2.75, 3.05) is 0 Å². The first-order valence-corrected chi connectivity index (χ1v) is 6.83. The number of furan rings is 1. The number of fused-ring (bicyclic) bond motifs is 2. The Kier molecular flexibility index (Phi) is 2.66. The van der Waals surface area contributed by atoms with Gasteiger partial charge in [-0.2, -0.15) is 0 Å². The number of rotatable bonds is 1. The van der Waals surface area contributed by atoms with E-state index in [-0.39, 0.29) is 5.82 Å². The van der Waals surface area contributed by atoms with Gasteiger partial charge in [0.15, 0.2) is 0 Å². The van der Waals surface area contributed by atoms with E-state index in [4.69, 9.17) is 8.83 Å². The zero-order valence-electron chi connectivity index (χ0n) is 11.7. The van der Waals surface area contributed by atoms with Crippen LogP contribution in [-0.4, -0.2) is 0 Å². The largest absolute Gasteiger partial charge is 0.464 e. The molecule has 0 bridgehead atoms. The second-order valence-electron chi connectivity index (χ2n) is 5.26. The molecule has 0 amide bonds. The number of aryl methyl sites for hydroxylation is 1. The van der Waals surface area contributed by atoms with Crippen LogP contribution in [0.5, 0.6) is 0 Å². The third-order valence-corrected chi connectivity index (χ3v) is 3.78. The van der Waals surface area contributed by atoms with Crippen LogP contribution >= 0.6 is 0 Å². The van der Waals surface area contributed by atoms with Crippen molar-refractivity contribution in [1.82, 2.24) is 0 Å². The predicted molar refractivity (Wildman–Crippen MR) is 82.4 cm³/mol. The van der Waals surface area contributed by atoms with Crippen LogP contribution in [0.3, 0.4) is 0 Å². The van der Waals surface area contributed by atoms with Gasteiger partial charge in [-0.25, -0.2) is 9.18 Å². The van der Waals surface area contributed by atoms with Gasteiger partial charge in [0.2, 0.25) is 0 Å². The average molecular weight is 294 g/mol. The van der Waals surface area contributed by atoms with Crippen LogP contribution in [0, 0.1) is 12.7 Å². The molecular formula is C18H11FO3. The Bertz CT molecular complexity index is 1060. The van der Waals surface area contributed by atoms with Crippen LogP contribution in [0.4, 0.5) is 4.39 Å². The fraction of sp³-hybridized carbons (Fsp3) is 0.0556. The van der Waals surface area contributed by atoms with Crippen LogP contribution < -0.4 is 5.63 Å². The molecule has 0 unspecified atom stereocenters. The maximum Gasteiger partial charge on any atom is 0.344 e. The molecule has 2 heterocycles. The van der Waals surface area contributed by atoms with Gasteiger partial charge in [0.05, 0.1) is 11.8 Å². The standard InChI is InChI=1S/C18H11FO3/c1-10-9-21-17-8-16-12(6-14(10)17)7-15(18(20)22-16)11-2-4-13(19)5-3-11/h2-9H,1H3. The van der Waals surface area contributed by atoms with E-state index in [0.717, 1.165) is 16.3 Å². The van der Waals surface area contributed by atoms with Gasteiger partial charge in [-0.1, -0.05) is 12.1 Å². The lowest BCUT2D eigenvalue weighted by Crippen LogP contribution is -2.02. The van der Waals surface area contributed by atoms with Crippen molar-refractivity contribution in [3.05, 3.63) is 70.5 Å². The minimum absolute atomic E-state index is 0.343. The van der Waals surface area contributed by atoms with Gasteiger partial charge in [-0.05, 0) is 42.3 Å². The van der Waals surface area contributed by atoms with Crippen molar-refractivity contribution >= 4 is 21.9 Å². The van der Waals surface area contributed by atoms with Gasteiger partial charge in [0, 0.05) is 16.8 Å². The Morgan fingerprint density at radius 2 is 1.77 bits per heavy atom. The lowest BCUT2D eigenvalue weighted by molar-refractivity contribution is 0.561. The highest BCUT2D eigenvalue weighted by Gasteiger charge is 2.11. The maximum atomic E-state index is 13.0. The summed E-state index contributed by atoms with van der Waals surface area (Å²) < 4.78 is 23.8. The van der Waals surface area contributed by atoms with Crippen LogP contribution in [0.15, 0.2) is 62.4 Å². The third-order valence-electron chi connectivity index (χ3n) is 3.78. The molecule has 0 spiro atoms. The summed E-state index contributed by atoms with van der Waals surface area (Å²) in [7, 11) is 0. The molecule has 0 N–H and O–H groups in total. The molecule has 0 radical (unpaired) electrons. The molecule has 3 nitrogen and oxygen atoms in total. The molecule has 0 aliphatic carbocycles. The summed E-state index contributed by atoms with van der Waals surface area (Å²) in [5, 5.41) is 1.78. The quantitative estimate of drug-likeness (QED) is 0.480. The smallest absolute Gasteiger partial charge is 0.344 e. The molecule has 0 aliphatic rings. The minimum Gasteiger partial charge on any atom is -0.464 e. The second kappa shape index (κ2) is 4.56. The van der Waals surface area contributed by atoms with E-state index < -0.39 is 5.63 Å². The fourth-order valence-electron chi connectivity index (χ4n) is 2.60. The number of halogens is 1. The van der Waals surface area contributed by atoms with Crippen LogP contribution in [0.2, 0.25) is 0 Å². The lowest BCUT2D eigenvalue weighted by atomic mass is 10.0. The molecule has 2 aromatic heterocycles. The van der Waals surface area contributed by atoms with Crippen molar-refractivity contribution in [1.29, 1.82) is 0 Å². The van der Waals surface area contributed by atoms with Crippen LogP contribution in [0.25, 0.3) is 33.1 Å². The summed E-state index contributed by atoms with van der Waals surface area (Å²) in [6, 6.07) is 11.2. The van der Waals surface area contributed by atoms with Gasteiger partial charge in [0.25, 0.3) is 0 Å². The minimum atomic E-state index is -0.457. The zero-order valence-corrected chi connectivity index (χ0v) is 11.7. The van der Waals surface area contributed by atoms with E-state index in [0.29, 0.717) is 22.3 Å². The zero-order chi connectivity index (χ0) is 15.3. The summed E-state index contributed by atoms with van der Waals surface area (Å²) in [5.41, 5.74) is 2.75. The van der Waals surface area contributed by atoms with Crippen LogP contribution in [0.1, 0.15) is 5.56 Å². The van der Waals surface area contributed by atoms with Gasteiger partial charge in [-0.15, -0.1) is 0 Å². The lowest BCUT2D eigenvalue weighted by Gasteiger charge is -2.03. The van der Waals surface area contributed by atoms with E-state index >= 15 is 0 Å². The summed E-state index contributed by atoms with van der Waals surface area (Å²) in [6.07, 6.45) is 1.67. The van der Waals surface area contributed by atoms with Gasteiger partial charge in [-0.3, -0.25) is 0 Å². The summed E-state index contributed by atoms with van der Waals surface area (Å²) in [6.45, 7) is 1.96. The highest BCUT2D eigenvalue weighted by molar-refractivity contribution is 5.95. The molecule has 0 atom stereocenters. The van der Waals surface area contributed by atoms with Crippen molar-refractivity contribution in [3.8, 4) is 11.1 Å². The maximum absolute atomic E-state index is 13.0. The number of hydrogen-bond acceptors (Lipinski definition) is 3. The van der Waals surface area contributed by atoms with E-state index in [1.54, 1.807) is 30.5 Å². The Balaban J connectivity index is 2.01. The molecule has 4 heteroatoms. The van der Waals surface area contributed by atoms with Crippen molar-refractivity contribution in [2.24, 2.45) is 0 Å². The Labute approximate surface area is 124 Å². The third kappa shape index (κ3) is 1.92. The van der Waals surface area contributed by atoms with E-state index in [2.05, 4.69) is 0 Å². The van der Waals surface area contributed by atoms with Crippen molar-refractivity contribution in [3.63, 3.8) is 0 Å². The summed E-state index contributed by atoms with van der Waals surface area (Å²) in [5.74, 6) is -0.343. The first-order valence-electron chi connectivity index (χ1n) is 6.83. The first-order chi connectivity index (χ1) is 10.6. The SMILES string of the molecule is Cc1coc2cc3oc(=O)c(-c4ccc(F)cc4)cc3cc12. The number of hydrogen-bond donors (Lipinski definition) is 0. The van der Waals surface area contributed by atoms with E-state index in [1.165, 1.54) is 12.1 Å². The monoisotopic (exact) mass is 294 g/mol. The molecule has 4 aromatic rings. The van der Waals surface area contributed by atoms with Gasteiger partial charge < -0.3 is 8.83 Å². The molecule has 4 rings (SSSR count). The molecule has 108 valence electrons. The predicted octanol–water partition coefficient (Wildman–Crippen LogP) is 4.65. The van der Waals surface area contributed by atoms with E-state index in [1.807, 2.05) is 13.0 Å². The molecule has 22 heavy (non-hydrogen) atoms. The highest BCUT2D eigenvalue weighted by atomic mass is 19.1. The molecule has 0 fully saturated rings. The van der Waals surface area contributed by atoms with Gasteiger partial charge >= 0.3 is 5.63 Å². The van der Waals surface area contributed by atoms with Crippen LogP contribution in [-0.2, 0) is 0 Å².